The smallest absolute Gasteiger partial charge is 0.250 e. The Kier molecular flexibility index (Phi) is 3.96. The molecule has 0 spiro atoms. The highest BCUT2D eigenvalue weighted by Gasteiger charge is 2.09. The summed E-state index contributed by atoms with van der Waals surface area (Å²) in [6.45, 7) is 0. The first kappa shape index (κ1) is 15.1. The minimum Gasteiger partial charge on any atom is -0.334 e. The van der Waals surface area contributed by atoms with Gasteiger partial charge >= 0.3 is 0 Å². The molecule has 4 aromatic rings. The molecule has 0 unspecified atom stereocenters. The third kappa shape index (κ3) is 3.26. The highest BCUT2D eigenvalue weighted by molar-refractivity contribution is 5.69. The van der Waals surface area contributed by atoms with Crippen LogP contribution in [0.15, 0.2) is 71.4 Å². The van der Waals surface area contributed by atoms with Crippen LogP contribution in [0.5, 0.6) is 0 Å². The fourth-order valence-electron chi connectivity index (χ4n) is 2.63. The number of rotatable bonds is 4. The van der Waals surface area contributed by atoms with Crippen LogP contribution in [0.2, 0.25) is 0 Å². The zero-order valence-corrected chi connectivity index (χ0v) is 13.7. The SMILES string of the molecule is Cn1nccc1-c1cccc(-c2noc(C=Cc3ccccc3)n2)c1. The monoisotopic (exact) mass is 328 g/mol. The summed E-state index contributed by atoms with van der Waals surface area (Å²) >= 11 is 0. The van der Waals surface area contributed by atoms with Gasteiger partial charge in [0.25, 0.3) is 5.89 Å². The van der Waals surface area contributed by atoms with Crippen molar-refractivity contribution in [2.45, 2.75) is 0 Å². The molecule has 0 aliphatic carbocycles. The van der Waals surface area contributed by atoms with Crippen molar-refractivity contribution < 1.29 is 4.52 Å². The molecule has 2 aromatic carbocycles. The average molecular weight is 328 g/mol. The van der Waals surface area contributed by atoms with Crippen LogP contribution in [-0.4, -0.2) is 19.9 Å². The van der Waals surface area contributed by atoms with E-state index >= 15 is 0 Å². The maximum atomic E-state index is 5.33. The lowest BCUT2D eigenvalue weighted by Crippen LogP contribution is -1.93. The number of aromatic nitrogens is 4. The van der Waals surface area contributed by atoms with Gasteiger partial charge in [-0.2, -0.15) is 10.1 Å². The van der Waals surface area contributed by atoms with E-state index in [-0.39, 0.29) is 0 Å². The molecular weight excluding hydrogens is 312 g/mol. The van der Waals surface area contributed by atoms with E-state index in [1.54, 1.807) is 6.20 Å². The second kappa shape index (κ2) is 6.57. The molecule has 0 fully saturated rings. The summed E-state index contributed by atoms with van der Waals surface area (Å²) in [5.74, 6) is 1.04. The first-order valence-electron chi connectivity index (χ1n) is 7.95. The fraction of sp³-hybridized carbons (Fsp3) is 0.0500. The number of benzene rings is 2. The second-order valence-electron chi connectivity index (χ2n) is 5.62. The Morgan fingerprint density at radius 3 is 2.56 bits per heavy atom. The van der Waals surface area contributed by atoms with Crippen molar-refractivity contribution in [3.05, 3.63) is 78.3 Å². The van der Waals surface area contributed by atoms with Crippen LogP contribution in [0.25, 0.3) is 34.8 Å². The van der Waals surface area contributed by atoms with Gasteiger partial charge in [-0.3, -0.25) is 4.68 Å². The molecule has 0 bridgehead atoms. The Bertz CT molecular complexity index is 1010. The van der Waals surface area contributed by atoms with Gasteiger partial charge in [0.05, 0.1) is 5.69 Å². The van der Waals surface area contributed by atoms with Gasteiger partial charge in [0.15, 0.2) is 0 Å². The Balaban J connectivity index is 1.60. The maximum absolute atomic E-state index is 5.33. The second-order valence-corrected chi connectivity index (χ2v) is 5.62. The normalized spacial score (nSPS) is 11.2. The topological polar surface area (TPSA) is 56.7 Å². The molecule has 0 aliphatic heterocycles. The van der Waals surface area contributed by atoms with E-state index in [2.05, 4.69) is 15.2 Å². The predicted octanol–water partition coefficient (Wildman–Crippen LogP) is 4.31. The number of aryl methyl sites for hydroxylation is 1. The zero-order chi connectivity index (χ0) is 17.1. The minimum absolute atomic E-state index is 0.477. The van der Waals surface area contributed by atoms with Crippen molar-refractivity contribution >= 4 is 12.2 Å². The van der Waals surface area contributed by atoms with Crippen LogP contribution < -0.4 is 0 Å². The summed E-state index contributed by atoms with van der Waals surface area (Å²) in [5.41, 5.74) is 4.08. The van der Waals surface area contributed by atoms with E-state index in [0.717, 1.165) is 22.4 Å². The molecule has 0 N–H and O–H groups in total. The van der Waals surface area contributed by atoms with Gasteiger partial charge in [-0.1, -0.05) is 53.7 Å². The third-order valence-electron chi connectivity index (χ3n) is 3.90. The van der Waals surface area contributed by atoms with Crippen LogP contribution in [0, 0.1) is 0 Å². The Morgan fingerprint density at radius 1 is 0.920 bits per heavy atom. The fourth-order valence-corrected chi connectivity index (χ4v) is 2.63. The number of hydrogen-bond acceptors (Lipinski definition) is 4. The molecule has 2 aromatic heterocycles. The molecule has 0 aliphatic rings. The van der Waals surface area contributed by atoms with Crippen LogP contribution in [0.3, 0.4) is 0 Å². The van der Waals surface area contributed by atoms with E-state index in [4.69, 9.17) is 4.52 Å². The lowest BCUT2D eigenvalue weighted by atomic mass is 10.1. The molecule has 4 rings (SSSR count). The lowest BCUT2D eigenvalue weighted by Gasteiger charge is -2.03. The van der Waals surface area contributed by atoms with E-state index in [1.165, 1.54) is 0 Å². The molecule has 0 amide bonds. The summed E-state index contributed by atoms with van der Waals surface area (Å²) in [5, 5.41) is 8.29. The van der Waals surface area contributed by atoms with E-state index in [1.807, 2.05) is 84.5 Å². The standard InChI is InChI=1S/C20H16N4O/c1-24-18(12-13-21-24)16-8-5-9-17(14-16)20-22-19(25-23-20)11-10-15-6-3-2-4-7-15/h2-14H,1H3. The van der Waals surface area contributed by atoms with E-state index in [0.29, 0.717) is 11.7 Å². The number of hydrogen-bond donors (Lipinski definition) is 0. The van der Waals surface area contributed by atoms with Gasteiger partial charge < -0.3 is 4.52 Å². The number of nitrogens with zero attached hydrogens (tertiary/aromatic N) is 4. The molecule has 2 heterocycles. The van der Waals surface area contributed by atoms with Crippen molar-refractivity contribution in [2.75, 3.05) is 0 Å². The summed E-state index contributed by atoms with van der Waals surface area (Å²) < 4.78 is 7.17. The molecule has 0 saturated heterocycles. The van der Waals surface area contributed by atoms with Crippen LogP contribution in [0.4, 0.5) is 0 Å². The molecule has 0 atom stereocenters. The molecular formula is C20H16N4O. The average Bonchev–Trinajstić information content (AvgIpc) is 3.30. The lowest BCUT2D eigenvalue weighted by molar-refractivity contribution is 0.411. The Labute approximate surface area is 145 Å². The summed E-state index contributed by atoms with van der Waals surface area (Å²) in [6.07, 6.45) is 5.54. The van der Waals surface area contributed by atoms with Crippen molar-refractivity contribution in [2.24, 2.45) is 7.05 Å². The van der Waals surface area contributed by atoms with E-state index < -0.39 is 0 Å². The van der Waals surface area contributed by atoms with Crippen LogP contribution in [-0.2, 0) is 7.05 Å². The summed E-state index contributed by atoms with van der Waals surface area (Å²) in [7, 11) is 1.92. The summed E-state index contributed by atoms with van der Waals surface area (Å²) in [4.78, 5) is 4.45. The molecule has 5 heteroatoms. The first-order chi connectivity index (χ1) is 12.3. The maximum Gasteiger partial charge on any atom is 0.250 e. The molecule has 5 nitrogen and oxygen atoms in total. The largest absolute Gasteiger partial charge is 0.334 e. The van der Waals surface area contributed by atoms with Gasteiger partial charge in [-0.25, -0.2) is 0 Å². The Morgan fingerprint density at radius 2 is 1.76 bits per heavy atom. The molecule has 0 radical (unpaired) electrons. The van der Waals surface area contributed by atoms with Crippen molar-refractivity contribution in [1.29, 1.82) is 0 Å². The van der Waals surface area contributed by atoms with Crippen LogP contribution in [0.1, 0.15) is 11.5 Å². The van der Waals surface area contributed by atoms with E-state index in [9.17, 15) is 0 Å². The van der Waals surface area contributed by atoms with Gasteiger partial charge in [-0.15, -0.1) is 0 Å². The highest BCUT2D eigenvalue weighted by Crippen LogP contribution is 2.24. The minimum atomic E-state index is 0.477. The molecule has 122 valence electrons. The van der Waals surface area contributed by atoms with Crippen LogP contribution >= 0.6 is 0 Å². The van der Waals surface area contributed by atoms with Crippen molar-refractivity contribution in [3.63, 3.8) is 0 Å². The quantitative estimate of drug-likeness (QED) is 0.560. The van der Waals surface area contributed by atoms with Gasteiger partial charge in [0, 0.05) is 30.4 Å². The molecule has 25 heavy (non-hydrogen) atoms. The van der Waals surface area contributed by atoms with Gasteiger partial charge in [0.2, 0.25) is 5.82 Å². The third-order valence-corrected chi connectivity index (χ3v) is 3.90. The predicted molar refractivity (Wildman–Crippen MR) is 97.3 cm³/mol. The molecule has 0 saturated carbocycles. The van der Waals surface area contributed by atoms with Crippen molar-refractivity contribution in [1.82, 2.24) is 19.9 Å². The van der Waals surface area contributed by atoms with Crippen molar-refractivity contribution in [3.8, 4) is 22.6 Å². The Hall–Kier alpha value is -3.47. The summed E-state index contributed by atoms with van der Waals surface area (Å²) in [6, 6.07) is 20.0. The highest BCUT2D eigenvalue weighted by atomic mass is 16.5. The first-order valence-corrected chi connectivity index (χ1v) is 7.95. The van der Waals surface area contributed by atoms with Gasteiger partial charge in [0.1, 0.15) is 0 Å². The van der Waals surface area contributed by atoms with Gasteiger partial charge in [-0.05, 0) is 23.8 Å². The zero-order valence-electron chi connectivity index (χ0n) is 13.7.